The lowest BCUT2D eigenvalue weighted by Crippen LogP contribution is -2.35. The number of nitrogens with zero attached hydrogens (tertiary/aromatic N) is 3. The second-order valence-corrected chi connectivity index (χ2v) is 7.85. The Kier molecular flexibility index (Phi) is 7.01. The third-order valence-corrected chi connectivity index (χ3v) is 5.24. The lowest BCUT2D eigenvalue weighted by Gasteiger charge is -2.26. The minimum absolute atomic E-state index is 0.0660. The molecule has 0 saturated heterocycles. The van der Waals surface area contributed by atoms with Crippen LogP contribution in [0.1, 0.15) is 22.3 Å². The molecule has 3 rings (SSSR count). The summed E-state index contributed by atoms with van der Waals surface area (Å²) in [5, 5.41) is 0. The van der Waals surface area contributed by atoms with Crippen LogP contribution in [0.3, 0.4) is 0 Å². The Balaban J connectivity index is 1.75. The normalized spacial score (nSPS) is 14.4. The van der Waals surface area contributed by atoms with Gasteiger partial charge in [0.25, 0.3) is 0 Å². The van der Waals surface area contributed by atoms with Gasteiger partial charge in [-0.2, -0.15) is 0 Å². The summed E-state index contributed by atoms with van der Waals surface area (Å²) in [4.78, 5) is 19.3. The summed E-state index contributed by atoms with van der Waals surface area (Å²) in [6.07, 6.45) is 4.78. The number of likely N-dealkylation sites (N-methyl/N-ethyl adjacent to an activating group) is 2. The first kappa shape index (κ1) is 20.3. The number of benzene rings is 2. The third kappa shape index (κ3) is 5.54. The Morgan fingerprint density at radius 1 is 1.07 bits per heavy atom. The zero-order valence-corrected chi connectivity index (χ0v) is 17.3. The summed E-state index contributed by atoms with van der Waals surface area (Å²) in [5.74, 6) is 0.0660. The van der Waals surface area contributed by atoms with E-state index in [1.807, 2.05) is 43.3 Å². The van der Waals surface area contributed by atoms with Gasteiger partial charge in [0, 0.05) is 38.8 Å². The van der Waals surface area contributed by atoms with Crippen LogP contribution in [0.5, 0.6) is 0 Å². The number of carbonyl (C=O) groups excluding carboxylic acids is 1. The molecule has 0 fully saturated rings. The molecule has 0 unspecified atom stereocenters. The number of hydrogen-bond acceptors (Lipinski definition) is 3. The first-order chi connectivity index (χ1) is 13.5. The van der Waals surface area contributed by atoms with Crippen LogP contribution >= 0.6 is 0 Å². The Morgan fingerprint density at radius 3 is 2.61 bits per heavy atom. The van der Waals surface area contributed by atoms with Crippen molar-refractivity contribution < 1.29 is 4.79 Å². The lowest BCUT2D eigenvalue weighted by atomic mass is 9.94. The summed E-state index contributed by atoms with van der Waals surface area (Å²) in [5.41, 5.74) is 5.08. The molecule has 1 aliphatic rings. The summed E-state index contributed by atoms with van der Waals surface area (Å²) >= 11 is 0. The van der Waals surface area contributed by atoms with Crippen molar-refractivity contribution in [3.63, 3.8) is 0 Å². The van der Waals surface area contributed by atoms with Crippen LogP contribution in [0.2, 0.25) is 0 Å². The van der Waals surface area contributed by atoms with Crippen LogP contribution in [0.25, 0.3) is 6.08 Å². The molecule has 0 aromatic heterocycles. The quantitative estimate of drug-likeness (QED) is 0.693. The maximum absolute atomic E-state index is 13.0. The van der Waals surface area contributed by atoms with Crippen molar-refractivity contribution in [3.8, 4) is 0 Å². The average Bonchev–Trinajstić information content (AvgIpc) is 2.69. The molecule has 0 saturated carbocycles. The molecule has 0 spiro atoms. The first-order valence-electron chi connectivity index (χ1n) is 9.98. The molecule has 28 heavy (non-hydrogen) atoms. The lowest BCUT2D eigenvalue weighted by molar-refractivity contribution is -0.126. The minimum atomic E-state index is 0.0660. The van der Waals surface area contributed by atoms with E-state index in [0.717, 1.165) is 31.6 Å². The van der Waals surface area contributed by atoms with Gasteiger partial charge in [-0.25, -0.2) is 0 Å². The molecule has 1 heterocycles. The van der Waals surface area contributed by atoms with Crippen molar-refractivity contribution >= 4 is 12.0 Å². The Hall–Kier alpha value is -2.43. The van der Waals surface area contributed by atoms with Crippen molar-refractivity contribution in [3.05, 3.63) is 76.9 Å². The fraction of sp³-hybridized carbons (Fsp3) is 0.375. The summed E-state index contributed by atoms with van der Waals surface area (Å²) in [6.45, 7) is 4.24. The molecule has 148 valence electrons. The number of amides is 1. The van der Waals surface area contributed by atoms with E-state index >= 15 is 0 Å². The van der Waals surface area contributed by atoms with Gasteiger partial charge in [0.05, 0.1) is 0 Å². The number of rotatable bonds is 7. The van der Waals surface area contributed by atoms with E-state index in [-0.39, 0.29) is 5.91 Å². The predicted octanol–water partition coefficient (Wildman–Crippen LogP) is 3.28. The van der Waals surface area contributed by atoms with Gasteiger partial charge in [0.15, 0.2) is 0 Å². The van der Waals surface area contributed by atoms with Crippen LogP contribution in [-0.4, -0.2) is 61.4 Å². The van der Waals surface area contributed by atoms with Crippen molar-refractivity contribution in [1.82, 2.24) is 14.7 Å². The van der Waals surface area contributed by atoms with E-state index in [1.54, 1.807) is 6.08 Å². The summed E-state index contributed by atoms with van der Waals surface area (Å²) in [6, 6.07) is 16.6. The third-order valence-electron chi connectivity index (χ3n) is 5.24. The molecule has 4 nitrogen and oxygen atoms in total. The zero-order valence-electron chi connectivity index (χ0n) is 17.3. The van der Waals surface area contributed by atoms with Gasteiger partial charge >= 0.3 is 0 Å². The first-order valence-corrected chi connectivity index (χ1v) is 9.98. The van der Waals surface area contributed by atoms with E-state index in [0.29, 0.717) is 13.1 Å². The highest BCUT2D eigenvalue weighted by Crippen LogP contribution is 2.23. The fourth-order valence-corrected chi connectivity index (χ4v) is 3.59. The monoisotopic (exact) mass is 377 g/mol. The molecule has 1 amide bonds. The van der Waals surface area contributed by atoms with Crippen LogP contribution in [0.4, 0.5) is 0 Å². The Morgan fingerprint density at radius 2 is 1.86 bits per heavy atom. The molecular formula is C24H31N3O. The van der Waals surface area contributed by atoms with Gasteiger partial charge in [0.2, 0.25) is 5.91 Å². The predicted molar refractivity (Wildman–Crippen MR) is 116 cm³/mol. The molecule has 0 bridgehead atoms. The van der Waals surface area contributed by atoms with Crippen LogP contribution in [-0.2, 0) is 24.3 Å². The molecule has 0 N–H and O–H groups in total. The van der Waals surface area contributed by atoms with E-state index in [2.05, 4.69) is 47.2 Å². The van der Waals surface area contributed by atoms with Gasteiger partial charge < -0.3 is 14.7 Å². The summed E-state index contributed by atoms with van der Waals surface area (Å²) < 4.78 is 0. The Labute approximate surface area is 169 Å². The van der Waals surface area contributed by atoms with Crippen molar-refractivity contribution in [2.45, 2.75) is 19.5 Å². The molecule has 2 aromatic rings. The SMILES string of the molecule is CN(C)CCN(Cc1ccccc1)C(=O)C=Cc1cccc2c1CCN(C)C2. The number of carbonyl (C=O) groups is 1. The standard InChI is InChI=1S/C24H31N3O/c1-25(2)16-17-27(18-20-8-5-4-6-9-20)24(28)13-12-21-10-7-11-22-19-26(3)15-14-23(21)22/h4-13H,14-19H2,1-3H3. The van der Waals surface area contributed by atoms with Crippen molar-refractivity contribution in [2.75, 3.05) is 40.8 Å². The van der Waals surface area contributed by atoms with Gasteiger partial charge in [0.1, 0.15) is 0 Å². The van der Waals surface area contributed by atoms with Crippen LogP contribution in [0, 0.1) is 0 Å². The van der Waals surface area contributed by atoms with E-state index in [1.165, 1.54) is 16.7 Å². The van der Waals surface area contributed by atoms with Gasteiger partial charge in [-0.15, -0.1) is 0 Å². The molecule has 0 aliphatic carbocycles. The highest BCUT2D eigenvalue weighted by atomic mass is 16.2. The van der Waals surface area contributed by atoms with E-state index in [4.69, 9.17) is 0 Å². The average molecular weight is 378 g/mol. The van der Waals surface area contributed by atoms with E-state index < -0.39 is 0 Å². The fourth-order valence-electron chi connectivity index (χ4n) is 3.59. The topological polar surface area (TPSA) is 26.8 Å². The highest BCUT2D eigenvalue weighted by molar-refractivity contribution is 5.92. The van der Waals surface area contributed by atoms with Gasteiger partial charge in [-0.1, -0.05) is 48.5 Å². The smallest absolute Gasteiger partial charge is 0.246 e. The molecular weight excluding hydrogens is 346 g/mol. The zero-order chi connectivity index (χ0) is 19.9. The number of fused-ring (bicyclic) bond motifs is 1. The van der Waals surface area contributed by atoms with Crippen molar-refractivity contribution in [2.24, 2.45) is 0 Å². The molecule has 4 heteroatoms. The summed E-state index contributed by atoms with van der Waals surface area (Å²) in [7, 11) is 6.23. The maximum Gasteiger partial charge on any atom is 0.246 e. The van der Waals surface area contributed by atoms with Crippen LogP contribution < -0.4 is 0 Å². The van der Waals surface area contributed by atoms with Gasteiger partial charge in [-0.3, -0.25) is 4.79 Å². The van der Waals surface area contributed by atoms with Crippen LogP contribution in [0.15, 0.2) is 54.6 Å². The second-order valence-electron chi connectivity index (χ2n) is 7.85. The molecule has 0 atom stereocenters. The highest BCUT2D eigenvalue weighted by Gasteiger charge is 2.16. The van der Waals surface area contributed by atoms with Gasteiger partial charge in [-0.05, 0) is 55.9 Å². The second kappa shape index (κ2) is 9.67. The molecule has 1 aliphatic heterocycles. The minimum Gasteiger partial charge on any atom is -0.334 e. The largest absolute Gasteiger partial charge is 0.334 e. The van der Waals surface area contributed by atoms with Crippen molar-refractivity contribution in [1.29, 1.82) is 0 Å². The number of hydrogen-bond donors (Lipinski definition) is 0. The van der Waals surface area contributed by atoms with E-state index in [9.17, 15) is 4.79 Å². The maximum atomic E-state index is 13.0. The Bertz CT molecular complexity index is 814. The molecule has 0 radical (unpaired) electrons. The molecule has 2 aromatic carbocycles.